The van der Waals surface area contributed by atoms with Crippen LogP contribution in [0.1, 0.15) is 58.4 Å². The van der Waals surface area contributed by atoms with Crippen molar-refractivity contribution < 1.29 is 19.0 Å². The highest BCUT2D eigenvalue weighted by Gasteiger charge is 2.27. The number of carbonyl (C=O) groups is 1. The van der Waals surface area contributed by atoms with Crippen LogP contribution in [-0.2, 0) is 11.2 Å². The van der Waals surface area contributed by atoms with Gasteiger partial charge in [-0.25, -0.2) is 9.37 Å². The van der Waals surface area contributed by atoms with E-state index >= 15 is 0 Å². The van der Waals surface area contributed by atoms with Crippen LogP contribution in [0.3, 0.4) is 0 Å². The van der Waals surface area contributed by atoms with Crippen LogP contribution < -0.4 is 5.56 Å². The molecule has 0 radical (unpaired) electrons. The van der Waals surface area contributed by atoms with E-state index < -0.39 is 11.9 Å². The van der Waals surface area contributed by atoms with Crippen LogP contribution >= 0.6 is 0 Å². The zero-order valence-corrected chi connectivity index (χ0v) is 18.5. The van der Waals surface area contributed by atoms with Gasteiger partial charge < -0.3 is 9.84 Å². The number of fused-ring (bicyclic) bond motifs is 1. The molecule has 6 nitrogen and oxygen atoms in total. The number of ketones is 1. The van der Waals surface area contributed by atoms with E-state index in [2.05, 4.69) is 4.98 Å². The third-order valence-electron chi connectivity index (χ3n) is 6.45. The Hall–Kier alpha value is -2.90. The first-order valence-corrected chi connectivity index (χ1v) is 10.9. The first-order chi connectivity index (χ1) is 15.3. The van der Waals surface area contributed by atoms with Crippen molar-refractivity contribution in [3.63, 3.8) is 0 Å². The Labute approximate surface area is 185 Å². The minimum Gasteiger partial charge on any atom is -0.389 e. The van der Waals surface area contributed by atoms with E-state index in [1.54, 1.807) is 13.0 Å². The molecule has 0 amide bonds. The molecule has 0 bridgehead atoms. The topological polar surface area (TPSA) is 81.4 Å². The van der Waals surface area contributed by atoms with Gasteiger partial charge in [0.2, 0.25) is 0 Å². The SMILES string of the molecule is CCC(=O)c1ccc(Cc2cc3c(=O)n([C@H]4CCOC[C@@H]4O)cnc3c(C)c2C)cc1F. The Morgan fingerprint density at radius 2 is 2.06 bits per heavy atom. The van der Waals surface area contributed by atoms with Crippen molar-refractivity contribution in [3.05, 3.63) is 74.6 Å². The van der Waals surface area contributed by atoms with E-state index in [0.29, 0.717) is 30.4 Å². The third-order valence-corrected chi connectivity index (χ3v) is 6.45. The number of aromatic nitrogens is 2. The van der Waals surface area contributed by atoms with Crippen LogP contribution in [0.15, 0.2) is 35.4 Å². The molecule has 3 aromatic rings. The van der Waals surface area contributed by atoms with Crippen molar-refractivity contribution in [1.82, 2.24) is 9.55 Å². The fourth-order valence-electron chi connectivity index (χ4n) is 4.37. The lowest BCUT2D eigenvalue weighted by atomic mass is 9.94. The quantitative estimate of drug-likeness (QED) is 0.615. The maximum absolute atomic E-state index is 14.5. The van der Waals surface area contributed by atoms with Crippen LogP contribution in [-0.4, -0.2) is 39.8 Å². The normalized spacial score (nSPS) is 18.8. The zero-order valence-electron chi connectivity index (χ0n) is 18.5. The van der Waals surface area contributed by atoms with Crippen LogP contribution in [0.2, 0.25) is 0 Å². The number of hydrogen-bond acceptors (Lipinski definition) is 5. The molecule has 0 saturated carbocycles. The molecule has 1 aromatic heterocycles. The summed E-state index contributed by atoms with van der Waals surface area (Å²) in [5, 5.41) is 10.8. The smallest absolute Gasteiger partial charge is 0.261 e. The van der Waals surface area contributed by atoms with Crippen molar-refractivity contribution in [2.24, 2.45) is 0 Å². The minimum absolute atomic E-state index is 0.102. The summed E-state index contributed by atoms with van der Waals surface area (Å²) in [7, 11) is 0. The molecule has 2 atom stereocenters. The summed E-state index contributed by atoms with van der Waals surface area (Å²) < 4.78 is 21.2. The molecular weight excluding hydrogens is 411 g/mol. The maximum Gasteiger partial charge on any atom is 0.261 e. The second-order valence-corrected chi connectivity index (χ2v) is 8.40. The molecule has 2 aromatic carbocycles. The van der Waals surface area contributed by atoms with Crippen molar-refractivity contribution in [2.45, 2.75) is 52.2 Å². The standard InChI is InChI=1S/C25H27FN2O4/c1-4-22(29)18-6-5-16(10-20(18)26)9-17-11-19-24(15(3)14(17)2)27-13-28(25(19)31)21-7-8-32-12-23(21)30/h5-6,10-11,13,21,23,30H,4,7-9,12H2,1-3H3/t21-,23-/m0/s1. The second kappa shape index (κ2) is 8.92. The van der Waals surface area contributed by atoms with E-state index in [1.165, 1.54) is 23.0 Å². The van der Waals surface area contributed by atoms with E-state index in [0.717, 1.165) is 22.3 Å². The fraction of sp³-hybridized carbons (Fsp3) is 0.400. The van der Waals surface area contributed by atoms with E-state index in [9.17, 15) is 19.1 Å². The van der Waals surface area contributed by atoms with Gasteiger partial charge in [0.1, 0.15) is 5.82 Å². The number of hydrogen-bond donors (Lipinski definition) is 1. The monoisotopic (exact) mass is 438 g/mol. The van der Waals surface area contributed by atoms with Crippen LogP contribution in [0.25, 0.3) is 10.9 Å². The molecule has 1 N–H and O–H groups in total. The summed E-state index contributed by atoms with van der Waals surface area (Å²) >= 11 is 0. The number of nitrogens with zero attached hydrogens (tertiary/aromatic N) is 2. The largest absolute Gasteiger partial charge is 0.389 e. The second-order valence-electron chi connectivity index (χ2n) is 8.40. The summed E-state index contributed by atoms with van der Waals surface area (Å²) in [5.41, 5.74) is 4.03. The number of ether oxygens (including phenoxy) is 1. The van der Waals surface area contributed by atoms with E-state index in [4.69, 9.17) is 4.74 Å². The summed E-state index contributed by atoms with van der Waals surface area (Å²) in [4.78, 5) is 29.7. The number of halogens is 1. The molecule has 0 aliphatic carbocycles. The van der Waals surface area contributed by atoms with Gasteiger partial charge in [0, 0.05) is 13.0 Å². The predicted molar refractivity (Wildman–Crippen MR) is 120 cm³/mol. The molecule has 0 spiro atoms. The summed E-state index contributed by atoms with van der Waals surface area (Å²) in [6.07, 6.45) is 1.96. The molecule has 1 fully saturated rings. The maximum atomic E-state index is 14.5. The molecule has 32 heavy (non-hydrogen) atoms. The molecule has 4 rings (SSSR count). The van der Waals surface area contributed by atoms with Crippen LogP contribution in [0, 0.1) is 19.7 Å². The molecule has 0 unspecified atom stereocenters. The molecule has 1 saturated heterocycles. The average molecular weight is 438 g/mol. The van der Waals surface area contributed by atoms with E-state index in [-0.39, 0.29) is 36.0 Å². The van der Waals surface area contributed by atoms with Gasteiger partial charge in [-0.1, -0.05) is 13.0 Å². The lowest BCUT2D eigenvalue weighted by molar-refractivity contribution is -0.0395. The molecular formula is C25H27FN2O4. The van der Waals surface area contributed by atoms with Gasteiger partial charge in [0.05, 0.1) is 41.5 Å². The van der Waals surface area contributed by atoms with Crippen molar-refractivity contribution in [1.29, 1.82) is 0 Å². The van der Waals surface area contributed by atoms with Gasteiger partial charge in [-0.2, -0.15) is 0 Å². The third kappa shape index (κ3) is 3.98. The molecule has 7 heteroatoms. The van der Waals surface area contributed by atoms with Crippen molar-refractivity contribution in [3.8, 4) is 0 Å². The lowest BCUT2D eigenvalue weighted by Gasteiger charge is -2.29. The molecule has 168 valence electrons. The highest BCUT2D eigenvalue weighted by Crippen LogP contribution is 2.26. The van der Waals surface area contributed by atoms with Crippen LogP contribution in [0.5, 0.6) is 0 Å². The minimum atomic E-state index is -0.765. The van der Waals surface area contributed by atoms with Gasteiger partial charge >= 0.3 is 0 Å². The number of carbonyl (C=O) groups excluding carboxylic acids is 1. The number of aliphatic hydroxyl groups excluding tert-OH is 1. The number of Topliss-reactive ketones (excluding diaryl/α,β-unsaturated/α-hetero) is 1. The predicted octanol–water partition coefficient (Wildman–Crippen LogP) is 3.66. The van der Waals surface area contributed by atoms with Gasteiger partial charge in [0.25, 0.3) is 5.56 Å². The zero-order chi connectivity index (χ0) is 23.0. The van der Waals surface area contributed by atoms with Crippen LogP contribution in [0.4, 0.5) is 4.39 Å². The van der Waals surface area contributed by atoms with Crippen molar-refractivity contribution in [2.75, 3.05) is 13.2 Å². The molecule has 1 aliphatic rings. The van der Waals surface area contributed by atoms with E-state index in [1.807, 2.05) is 19.9 Å². The number of benzene rings is 2. The highest BCUT2D eigenvalue weighted by atomic mass is 19.1. The number of aryl methyl sites for hydroxylation is 1. The van der Waals surface area contributed by atoms with Gasteiger partial charge in [-0.05, 0) is 67.1 Å². The Kier molecular flexibility index (Phi) is 6.22. The first-order valence-electron chi connectivity index (χ1n) is 10.9. The van der Waals surface area contributed by atoms with Gasteiger partial charge in [0.15, 0.2) is 5.78 Å². The first kappa shape index (κ1) is 22.3. The van der Waals surface area contributed by atoms with Gasteiger partial charge in [-0.15, -0.1) is 0 Å². The van der Waals surface area contributed by atoms with Gasteiger partial charge in [-0.3, -0.25) is 14.2 Å². The summed E-state index contributed by atoms with van der Waals surface area (Å²) in [6.45, 7) is 6.26. The number of aliphatic hydroxyl groups is 1. The Morgan fingerprint density at radius 1 is 1.28 bits per heavy atom. The number of rotatable bonds is 5. The molecule has 1 aliphatic heterocycles. The Bertz CT molecular complexity index is 1250. The Morgan fingerprint density at radius 3 is 2.75 bits per heavy atom. The average Bonchev–Trinajstić information content (AvgIpc) is 2.78. The summed E-state index contributed by atoms with van der Waals surface area (Å²) in [6, 6.07) is 6.11. The van der Waals surface area contributed by atoms with Crippen molar-refractivity contribution >= 4 is 16.7 Å². The molecule has 2 heterocycles. The Balaban J connectivity index is 1.76. The highest BCUT2D eigenvalue weighted by molar-refractivity contribution is 5.96. The fourth-order valence-corrected chi connectivity index (χ4v) is 4.37. The lowest BCUT2D eigenvalue weighted by Crippen LogP contribution is -2.39. The summed E-state index contributed by atoms with van der Waals surface area (Å²) in [5.74, 6) is -0.754.